The van der Waals surface area contributed by atoms with Gasteiger partial charge in [0.25, 0.3) is 0 Å². The van der Waals surface area contributed by atoms with Gasteiger partial charge in [-0.05, 0) is 12.5 Å². The Morgan fingerprint density at radius 1 is 1.62 bits per heavy atom. The zero-order chi connectivity index (χ0) is 9.52. The number of hydrazone groups is 1. The van der Waals surface area contributed by atoms with E-state index in [9.17, 15) is 0 Å². The molecule has 0 unspecified atom stereocenters. The molecule has 0 atom stereocenters. The summed E-state index contributed by atoms with van der Waals surface area (Å²) in [4.78, 5) is 5.25. The fourth-order valence-corrected chi connectivity index (χ4v) is 1.01. The van der Waals surface area contributed by atoms with Crippen molar-refractivity contribution in [1.82, 2.24) is 10.7 Å². The normalized spacial score (nSPS) is 15.5. The molecule has 0 fully saturated rings. The maximum atomic E-state index is 5.69. The summed E-state index contributed by atoms with van der Waals surface area (Å²) in [5, 5.41) is 5.67. The van der Waals surface area contributed by atoms with E-state index >= 15 is 0 Å². The van der Waals surface area contributed by atoms with Gasteiger partial charge in [0.15, 0.2) is 0 Å². The van der Waals surface area contributed by atoms with Gasteiger partial charge in [0.05, 0.1) is 12.8 Å². The molecule has 4 nitrogen and oxygen atoms in total. The molecule has 0 saturated carbocycles. The van der Waals surface area contributed by atoms with Gasteiger partial charge in [-0.3, -0.25) is 0 Å². The quantitative estimate of drug-likeness (QED) is 0.549. The Morgan fingerprint density at radius 3 is 3.15 bits per heavy atom. The highest BCUT2D eigenvalue weighted by Gasteiger charge is 2.04. The number of halogens is 1. The first kappa shape index (κ1) is 10.3. The Labute approximate surface area is 83.1 Å². The van der Waals surface area contributed by atoms with Crippen molar-refractivity contribution in [3.8, 4) is 0 Å². The summed E-state index contributed by atoms with van der Waals surface area (Å²) in [6.07, 6.45) is 6.62. The monoisotopic (exact) mass is 203 g/mol. The smallest absolute Gasteiger partial charge is 0.126 e. The molecule has 0 aromatic rings. The fourth-order valence-electron chi connectivity index (χ4n) is 0.886. The van der Waals surface area contributed by atoms with Gasteiger partial charge in [0.1, 0.15) is 5.16 Å². The van der Waals surface area contributed by atoms with Crippen LogP contribution in [0.15, 0.2) is 16.3 Å². The maximum absolute atomic E-state index is 5.69. The second kappa shape index (κ2) is 5.83. The Bertz CT molecular complexity index is 206. The van der Waals surface area contributed by atoms with Crippen LogP contribution in [0.5, 0.6) is 0 Å². The van der Waals surface area contributed by atoms with E-state index in [-0.39, 0.29) is 0 Å². The first-order valence-corrected chi connectivity index (χ1v) is 4.80. The summed E-state index contributed by atoms with van der Waals surface area (Å²) in [7, 11) is 0. The summed E-state index contributed by atoms with van der Waals surface area (Å²) < 4.78 is 0. The molecule has 0 radical (unpaired) electrons. The van der Waals surface area contributed by atoms with Crippen molar-refractivity contribution >= 4 is 17.8 Å². The molecule has 1 aliphatic heterocycles. The fraction of sp³-hybridized carbons (Fsp3) is 0.625. The van der Waals surface area contributed by atoms with E-state index in [0.717, 1.165) is 6.42 Å². The number of hydrogen-bond donors (Lipinski definition) is 1. The standard InChI is InChI=1S/C8H14ClN3O/c1-2-3-4-7-13-12-10-6-5-8(9)11-12/h5-6,11H,2-4,7H2,1H3. The molecule has 0 aromatic heterocycles. The van der Waals surface area contributed by atoms with Crippen LogP contribution in [0, 0.1) is 0 Å². The Morgan fingerprint density at radius 2 is 2.46 bits per heavy atom. The van der Waals surface area contributed by atoms with E-state index in [0.29, 0.717) is 11.8 Å². The van der Waals surface area contributed by atoms with Gasteiger partial charge in [0, 0.05) is 0 Å². The molecule has 0 aromatic carbocycles. The molecule has 0 saturated heterocycles. The highest BCUT2D eigenvalue weighted by molar-refractivity contribution is 6.30. The lowest BCUT2D eigenvalue weighted by Gasteiger charge is -2.20. The van der Waals surface area contributed by atoms with Crippen LogP contribution >= 0.6 is 11.6 Å². The number of nitrogens with one attached hydrogen (secondary N) is 1. The molecular formula is C8H14ClN3O. The van der Waals surface area contributed by atoms with Gasteiger partial charge in [-0.2, -0.15) is 0 Å². The van der Waals surface area contributed by atoms with E-state index in [1.807, 2.05) is 0 Å². The summed E-state index contributed by atoms with van der Waals surface area (Å²) in [5.74, 6) is 0. The molecule has 0 amide bonds. The lowest BCUT2D eigenvalue weighted by atomic mass is 10.3. The van der Waals surface area contributed by atoms with Gasteiger partial charge in [-0.1, -0.05) is 36.6 Å². The van der Waals surface area contributed by atoms with Crippen molar-refractivity contribution in [1.29, 1.82) is 0 Å². The second-order valence-corrected chi connectivity index (χ2v) is 3.11. The third-order valence-corrected chi connectivity index (χ3v) is 1.77. The van der Waals surface area contributed by atoms with E-state index < -0.39 is 0 Å². The predicted molar refractivity (Wildman–Crippen MR) is 52.9 cm³/mol. The van der Waals surface area contributed by atoms with Crippen LogP contribution in [-0.2, 0) is 4.84 Å². The Kier molecular flexibility index (Phi) is 4.64. The number of rotatable bonds is 5. The van der Waals surface area contributed by atoms with Crippen LogP contribution in [0.1, 0.15) is 26.2 Å². The summed E-state index contributed by atoms with van der Waals surface area (Å²) in [6, 6.07) is 0. The van der Waals surface area contributed by atoms with Crippen LogP contribution < -0.4 is 5.43 Å². The molecule has 1 rings (SSSR count). The maximum Gasteiger partial charge on any atom is 0.126 e. The molecule has 0 bridgehead atoms. The van der Waals surface area contributed by atoms with Crippen molar-refractivity contribution in [2.24, 2.45) is 5.10 Å². The lowest BCUT2D eigenvalue weighted by molar-refractivity contribution is -0.188. The van der Waals surface area contributed by atoms with Gasteiger partial charge >= 0.3 is 0 Å². The van der Waals surface area contributed by atoms with Gasteiger partial charge in [-0.15, -0.1) is 5.10 Å². The molecule has 1 N–H and O–H groups in total. The SMILES string of the molecule is CCCCCON1N=CC=C(Cl)N1. The van der Waals surface area contributed by atoms with E-state index in [1.54, 1.807) is 12.3 Å². The zero-order valence-corrected chi connectivity index (χ0v) is 8.42. The van der Waals surface area contributed by atoms with Gasteiger partial charge < -0.3 is 0 Å². The molecule has 74 valence electrons. The molecule has 0 spiro atoms. The average molecular weight is 204 g/mol. The number of unbranched alkanes of at least 4 members (excludes halogenated alkanes) is 2. The molecular weight excluding hydrogens is 190 g/mol. The average Bonchev–Trinajstić information content (AvgIpc) is 2.13. The van der Waals surface area contributed by atoms with Crippen molar-refractivity contribution in [3.05, 3.63) is 11.2 Å². The Balaban J connectivity index is 2.10. The second-order valence-electron chi connectivity index (χ2n) is 2.70. The molecule has 1 aliphatic rings. The topological polar surface area (TPSA) is 36.9 Å². The largest absolute Gasteiger partial charge is 0.246 e. The minimum atomic E-state index is 0.505. The Hall–Kier alpha value is -0.740. The van der Waals surface area contributed by atoms with Crippen LogP contribution in [0.4, 0.5) is 0 Å². The van der Waals surface area contributed by atoms with E-state index in [2.05, 4.69) is 17.5 Å². The molecule has 5 heteroatoms. The predicted octanol–water partition coefficient (Wildman–Crippen LogP) is 1.99. The summed E-state index contributed by atoms with van der Waals surface area (Å²) in [6.45, 7) is 2.80. The highest BCUT2D eigenvalue weighted by atomic mass is 35.5. The summed E-state index contributed by atoms with van der Waals surface area (Å²) >= 11 is 5.69. The van der Waals surface area contributed by atoms with E-state index in [1.165, 1.54) is 18.1 Å². The number of hydrazine groups is 1. The van der Waals surface area contributed by atoms with Gasteiger partial charge in [-0.25, -0.2) is 10.3 Å². The third-order valence-electron chi connectivity index (χ3n) is 1.56. The highest BCUT2D eigenvalue weighted by Crippen LogP contribution is 2.03. The first-order chi connectivity index (χ1) is 6.33. The van der Waals surface area contributed by atoms with Crippen LogP contribution in [0.25, 0.3) is 0 Å². The molecule has 13 heavy (non-hydrogen) atoms. The third kappa shape index (κ3) is 4.15. The van der Waals surface area contributed by atoms with Crippen molar-refractivity contribution in [2.45, 2.75) is 26.2 Å². The molecule has 0 aliphatic carbocycles. The minimum absolute atomic E-state index is 0.505. The van der Waals surface area contributed by atoms with Crippen LogP contribution in [0.2, 0.25) is 0 Å². The number of hydrogen-bond acceptors (Lipinski definition) is 4. The van der Waals surface area contributed by atoms with Gasteiger partial charge in [0.2, 0.25) is 0 Å². The zero-order valence-electron chi connectivity index (χ0n) is 7.66. The van der Waals surface area contributed by atoms with Crippen LogP contribution in [-0.4, -0.2) is 18.1 Å². The number of allylic oxidation sites excluding steroid dienone is 1. The number of nitrogens with zero attached hydrogens (tertiary/aromatic N) is 2. The van der Waals surface area contributed by atoms with Crippen molar-refractivity contribution in [2.75, 3.05) is 6.61 Å². The lowest BCUT2D eigenvalue weighted by Crippen LogP contribution is -2.34. The van der Waals surface area contributed by atoms with Crippen LogP contribution in [0.3, 0.4) is 0 Å². The van der Waals surface area contributed by atoms with Crippen molar-refractivity contribution in [3.63, 3.8) is 0 Å². The van der Waals surface area contributed by atoms with Crippen molar-refractivity contribution < 1.29 is 4.84 Å². The minimum Gasteiger partial charge on any atom is -0.246 e. The summed E-state index contributed by atoms with van der Waals surface area (Å²) in [5.41, 5.74) is 2.73. The first-order valence-electron chi connectivity index (χ1n) is 4.42. The molecule has 1 heterocycles. The van der Waals surface area contributed by atoms with E-state index in [4.69, 9.17) is 16.4 Å².